The predicted octanol–water partition coefficient (Wildman–Crippen LogP) is 6.21. The zero-order valence-corrected chi connectivity index (χ0v) is 19.2. The van der Waals surface area contributed by atoms with Crippen molar-refractivity contribution in [1.82, 2.24) is 0 Å². The molecular weight excluding hydrogens is 368 g/mol. The fourth-order valence-electron chi connectivity index (χ4n) is 8.88. The fraction of sp³-hybridized carbons (Fsp3) is 0.750. The van der Waals surface area contributed by atoms with E-state index in [0.717, 1.165) is 37.0 Å². The molecule has 1 aromatic carbocycles. The van der Waals surface area contributed by atoms with Gasteiger partial charge in [-0.25, -0.2) is 0 Å². The van der Waals surface area contributed by atoms with E-state index in [4.69, 9.17) is 0 Å². The number of hydrogen-bond donors (Lipinski definition) is 1. The molecule has 4 saturated carbocycles. The third-order valence-electron chi connectivity index (χ3n) is 10.6. The van der Waals surface area contributed by atoms with Gasteiger partial charge in [0, 0.05) is 12.3 Å². The molecule has 1 aromatic rings. The van der Waals surface area contributed by atoms with Crippen molar-refractivity contribution in [1.29, 1.82) is 0 Å². The molecular formula is C28H40O2. The van der Waals surface area contributed by atoms with Crippen LogP contribution in [-0.4, -0.2) is 16.5 Å². The Hall–Kier alpha value is -1.15. The lowest BCUT2D eigenvalue weighted by Crippen LogP contribution is -2.55. The summed E-state index contributed by atoms with van der Waals surface area (Å²) < 4.78 is 0. The highest BCUT2D eigenvalue weighted by atomic mass is 16.3. The highest BCUT2D eigenvalue weighted by Gasteiger charge is 2.61. The molecule has 0 spiro atoms. The molecule has 164 valence electrons. The summed E-state index contributed by atoms with van der Waals surface area (Å²) in [5.74, 6) is 3.74. The summed E-state index contributed by atoms with van der Waals surface area (Å²) in [6, 6.07) is 10.3. The number of fused-ring (bicyclic) bond motifs is 5. The molecule has 1 unspecified atom stereocenters. The molecule has 0 heterocycles. The van der Waals surface area contributed by atoms with Gasteiger partial charge >= 0.3 is 0 Å². The lowest BCUT2D eigenvalue weighted by molar-refractivity contribution is -0.150. The number of aliphatic hydroxyl groups is 1. The quantitative estimate of drug-likeness (QED) is 0.646. The topological polar surface area (TPSA) is 37.3 Å². The van der Waals surface area contributed by atoms with Crippen LogP contribution < -0.4 is 0 Å². The van der Waals surface area contributed by atoms with Crippen molar-refractivity contribution >= 4 is 5.78 Å². The van der Waals surface area contributed by atoms with Crippen LogP contribution in [0.25, 0.3) is 0 Å². The smallest absolute Gasteiger partial charge is 0.140 e. The summed E-state index contributed by atoms with van der Waals surface area (Å²) in [7, 11) is 0. The van der Waals surface area contributed by atoms with E-state index < -0.39 is 5.60 Å². The number of carbonyl (C=O) groups excluding carboxylic acids is 1. The van der Waals surface area contributed by atoms with Crippen LogP contribution in [0.15, 0.2) is 30.3 Å². The van der Waals surface area contributed by atoms with Crippen LogP contribution in [0.2, 0.25) is 0 Å². The molecule has 0 bridgehead atoms. The van der Waals surface area contributed by atoms with Crippen molar-refractivity contribution < 1.29 is 9.90 Å². The summed E-state index contributed by atoms with van der Waals surface area (Å²) in [4.78, 5) is 13.4. The largest absolute Gasteiger partial charge is 0.390 e. The van der Waals surface area contributed by atoms with Crippen molar-refractivity contribution in [3.8, 4) is 0 Å². The third kappa shape index (κ3) is 3.20. The lowest BCUT2D eigenvalue weighted by atomic mass is 9.44. The molecule has 4 fully saturated rings. The van der Waals surface area contributed by atoms with Crippen molar-refractivity contribution in [2.75, 3.05) is 0 Å². The molecule has 5 rings (SSSR count). The van der Waals surface area contributed by atoms with Crippen molar-refractivity contribution in [2.45, 2.75) is 90.6 Å². The lowest BCUT2D eigenvalue weighted by Gasteiger charge is -2.61. The van der Waals surface area contributed by atoms with Crippen LogP contribution in [0.1, 0.15) is 84.1 Å². The Morgan fingerprint density at radius 3 is 2.40 bits per heavy atom. The van der Waals surface area contributed by atoms with Gasteiger partial charge in [-0.2, -0.15) is 0 Å². The van der Waals surface area contributed by atoms with Crippen LogP contribution in [0.3, 0.4) is 0 Å². The van der Waals surface area contributed by atoms with E-state index in [-0.39, 0.29) is 11.3 Å². The Bertz CT molecular complexity index is 798. The molecule has 8 atom stereocenters. The Morgan fingerprint density at radius 1 is 0.900 bits per heavy atom. The number of rotatable bonds is 3. The van der Waals surface area contributed by atoms with Gasteiger partial charge in [-0.15, -0.1) is 0 Å². The highest BCUT2D eigenvalue weighted by molar-refractivity contribution is 5.84. The summed E-state index contributed by atoms with van der Waals surface area (Å²) in [6.45, 7) is 7.07. The van der Waals surface area contributed by atoms with Crippen LogP contribution in [-0.2, 0) is 11.2 Å². The summed E-state index contributed by atoms with van der Waals surface area (Å²) >= 11 is 0. The normalized spacial score (nSPS) is 47.8. The van der Waals surface area contributed by atoms with E-state index in [1.54, 1.807) is 0 Å². The first-order chi connectivity index (χ1) is 14.2. The highest BCUT2D eigenvalue weighted by Crippen LogP contribution is 2.68. The van der Waals surface area contributed by atoms with E-state index in [0.29, 0.717) is 23.5 Å². The number of hydrogen-bond acceptors (Lipinski definition) is 2. The number of benzene rings is 1. The van der Waals surface area contributed by atoms with Crippen molar-refractivity contribution in [3.63, 3.8) is 0 Å². The monoisotopic (exact) mass is 408 g/mol. The van der Waals surface area contributed by atoms with Crippen LogP contribution in [0.4, 0.5) is 0 Å². The van der Waals surface area contributed by atoms with E-state index in [1.807, 2.05) is 18.2 Å². The second-order valence-corrected chi connectivity index (χ2v) is 12.2. The zero-order chi connectivity index (χ0) is 21.1. The van der Waals surface area contributed by atoms with Crippen LogP contribution >= 0.6 is 0 Å². The SMILES string of the molecule is CC12CC[C@H]3[C@@H](CC[C@@H]4C[C@](C)(O)CC[C@@]43C)[C@@H]1CC[C@@H]2C(=O)Cc1ccccc1. The summed E-state index contributed by atoms with van der Waals surface area (Å²) in [5.41, 5.74) is 1.32. The van der Waals surface area contributed by atoms with Gasteiger partial charge in [0.25, 0.3) is 0 Å². The first-order valence-corrected chi connectivity index (χ1v) is 12.5. The summed E-state index contributed by atoms with van der Waals surface area (Å²) in [6.07, 6.45) is 11.2. The average Bonchev–Trinajstić information content (AvgIpc) is 3.06. The fourth-order valence-corrected chi connectivity index (χ4v) is 8.88. The number of ketones is 1. The number of carbonyl (C=O) groups is 1. The van der Waals surface area contributed by atoms with Gasteiger partial charge in [0.2, 0.25) is 0 Å². The van der Waals surface area contributed by atoms with Crippen molar-refractivity contribution in [3.05, 3.63) is 35.9 Å². The van der Waals surface area contributed by atoms with Gasteiger partial charge in [0.05, 0.1) is 5.60 Å². The van der Waals surface area contributed by atoms with Gasteiger partial charge in [-0.05, 0) is 105 Å². The molecule has 0 saturated heterocycles. The predicted molar refractivity (Wildman–Crippen MR) is 121 cm³/mol. The van der Waals surface area contributed by atoms with E-state index in [2.05, 4.69) is 32.9 Å². The van der Waals surface area contributed by atoms with Gasteiger partial charge < -0.3 is 5.11 Å². The van der Waals surface area contributed by atoms with Gasteiger partial charge in [-0.1, -0.05) is 44.2 Å². The van der Waals surface area contributed by atoms with Crippen molar-refractivity contribution in [2.24, 2.45) is 40.4 Å². The first kappa shape index (κ1) is 20.7. The van der Waals surface area contributed by atoms with Gasteiger partial charge in [0.15, 0.2) is 0 Å². The Morgan fingerprint density at radius 2 is 1.63 bits per heavy atom. The molecule has 0 aliphatic heterocycles. The molecule has 1 N–H and O–H groups in total. The number of Topliss-reactive ketones (excluding diaryl/α,β-unsaturated/α-hetero) is 1. The van der Waals surface area contributed by atoms with E-state index >= 15 is 0 Å². The average molecular weight is 409 g/mol. The van der Waals surface area contributed by atoms with Gasteiger partial charge in [-0.3, -0.25) is 4.79 Å². The van der Waals surface area contributed by atoms with Crippen LogP contribution in [0.5, 0.6) is 0 Å². The summed E-state index contributed by atoms with van der Waals surface area (Å²) in [5, 5.41) is 10.7. The minimum atomic E-state index is -0.456. The minimum Gasteiger partial charge on any atom is -0.390 e. The molecule has 2 heteroatoms. The van der Waals surface area contributed by atoms with E-state index in [1.165, 1.54) is 44.1 Å². The molecule has 30 heavy (non-hydrogen) atoms. The third-order valence-corrected chi connectivity index (χ3v) is 10.6. The molecule has 4 aliphatic rings. The minimum absolute atomic E-state index is 0.205. The maximum atomic E-state index is 13.4. The molecule has 2 nitrogen and oxygen atoms in total. The second kappa shape index (κ2) is 7.19. The standard InChI is InChI=1S/C28H40O2/c1-26(30)15-16-27(2)20(18-26)9-10-21-22-11-12-24(28(22,3)14-13-23(21)27)25(29)17-19-7-5-4-6-8-19/h4-8,20-24,30H,9-18H2,1-3H3/t20-,21+,22+,23+,24-,26-,27+,28?/m1/s1. The molecule has 0 aromatic heterocycles. The van der Waals surface area contributed by atoms with Crippen LogP contribution in [0, 0.1) is 40.4 Å². The van der Waals surface area contributed by atoms with Gasteiger partial charge in [0.1, 0.15) is 5.78 Å². The maximum absolute atomic E-state index is 13.4. The molecule has 0 radical (unpaired) electrons. The van der Waals surface area contributed by atoms with E-state index in [9.17, 15) is 9.90 Å². The Labute approximate surface area is 182 Å². The zero-order valence-electron chi connectivity index (χ0n) is 19.2. The Kier molecular flexibility index (Phi) is 4.97. The maximum Gasteiger partial charge on any atom is 0.140 e. The first-order valence-electron chi connectivity index (χ1n) is 12.5. The second-order valence-electron chi connectivity index (χ2n) is 12.2. The molecule has 0 amide bonds. The Balaban J connectivity index is 1.35. The molecule has 4 aliphatic carbocycles.